The predicted molar refractivity (Wildman–Crippen MR) is 65.3 cm³/mol. The first-order valence-electron chi connectivity index (χ1n) is 5.46. The van der Waals surface area contributed by atoms with Gasteiger partial charge in [-0.3, -0.25) is 0 Å². The minimum absolute atomic E-state index is 0.0170. The van der Waals surface area contributed by atoms with Gasteiger partial charge in [-0.05, 0) is 30.7 Å². The molecule has 2 aromatic carbocycles. The van der Waals surface area contributed by atoms with Crippen LogP contribution in [0.3, 0.4) is 0 Å². The van der Waals surface area contributed by atoms with Gasteiger partial charge in [0.05, 0.1) is 0 Å². The second-order valence-electron chi connectivity index (χ2n) is 3.98. The maximum atomic E-state index is 13.5. The van der Waals surface area contributed by atoms with Crippen molar-refractivity contribution in [1.29, 1.82) is 0 Å². The number of benzene rings is 2. The number of hydrogen-bond acceptors (Lipinski definition) is 3. The number of rotatable bonds is 3. The number of para-hydroxylation sites is 1. The molecule has 0 aromatic heterocycles. The molecular formula is C13H9F3O3S. The van der Waals surface area contributed by atoms with E-state index >= 15 is 0 Å². The van der Waals surface area contributed by atoms with Crippen molar-refractivity contribution < 1.29 is 25.8 Å². The Kier molecular flexibility index (Phi) is 3.71. The lowest BCUT2D eigenvalue weighted by Gasteiger charge is -2.10. The van der Waals surface area contributed by atoms with Crippen LogP contribution in [0.15, 0.2) is 41.3 Å². The van der Waals surface area contributed by atoms with Crippen molar-refractivity contribution in [2.75, 3.05) is 0 Å². The molecule has 0 heterocycles. The van der Waals surface area contributed by atoms with Gasteiger partial charge >= 0.3 is 10.1 Å². The molecule has 0 bridgehead atoms. The molecule has 0 radical (unpaired) electrons. The van der Waals surface area contributed by atoms with Crippen LogP contribution in [0.25, 0.3) is 0 Å². The molecule has 0 saturated carbocycles. The molecule has 3 nitrogen and oxygen atoms in total. The molecular weight excluding hydrogens is 293 g/mol. The molecule has 0 atom stereocenters. The molecule has 20 heavy (non-hydrogen) atoms. The van der Waals surface area contributed by atoms with Crippen LogP contribution in [0, 0.1) is 24.4 Å². The molecule has 0 aliphatic heterocycles. The summed E-state index contributed by atoms with van der Waals surface area (Å²) in [4.78, 5) is -1.06. The van der Waals surface area contributed by atoms with E-state index in [9.17, 15) is 21.6 Å². The van der Waals surface area contributed by atoms with Crippen LogP contribution in [0.5, 0.6) is 5.75 Å². The van der Waals surface area contributed by atoms with Crippen LogP contribution in [-0.4, -0.2) is 8.42 Å². The molecule has 106 valence electrons. The van der Waals surface area contributed by atoms with Crippen molar-refractivity contribution in [2.24, 2.45) is 0 Å². The first-order chi connectivity index (χ1) is 9.33. The van der Waals surface area contributed by atoms with Gasteiger partial charge in [0.25, 0.3) is 0 Å². The Hall–Kier alpha value is -2.02. The van der Waals surface area contributed by atoms with E-state index in [2.05, 4.69) is 0 Å². The normalized spacial score (nSPS) is 11.4. The van der Waals surface area contributed by atoms with Crippen molar-refractivity contribution in [3.05, 3.63) is 59.4 Å². The van der Waals surface area contributed by atoms with E-state index in [-0.39, 0.29) is 5.75 Å². The molecule has 2 rings (SSSR count). The summed E-state index contributed by atoms with van der Waals surface area (Å²) in [5.41, 5.74) is 0.499. The number of hydrogen-bond donors (Lipinski definition) is 0. The molecule has 0 N–H and O–H groups in total. The first kappa shape index (κ1) is 14.4. The van der Waals surface area contributed by atoms with E-state index in [0.29, 0.717) is 17.7 Å². The average Bonchev–Trinajstić information content (AvgIpc) is 2.38. The highest BCUT2D eigenvalue weighted by molar-refractivity contribution is 7.87. The lowest BCUT2D eigenvalue weighted by atomic mass is 10.2. The lowest BCUT2D eigenvalue weighted by molar-refractivity contribution is 0.423. The fraction of sp³-hybridized carbons (Fsp3) is 0.0769. The molecule has 0 unspecified atom stereocenters. The number of halogens is 3. The summed E-state index contributed by atoms with van der Waals surface area (Å²) in [7, 11) is -4.59. The predicted octanol–water partition coefficient (Wildman–Crippen LogP) is 3.18. The molecule has 0 aliphatic rings. The molecule has 0 amide bonds. The highest BCUT2D eigenvalue weighted by Gasteiger charge is 2.26. The zero-order valence-electron chi connectivity index (χ0n) is 10.2. The summed E-state index contributed by atoms with van der Waals surface area (Å²) >= 11 is 0. The van der Waals surface area contributed by atoms with Gasteiger partial charge in [0.15, 0.2) is 17.5 Å². The summed E-state index contributed by atoms with van der Waals surface area (Å²) in [6.45, 7) is 1.59. The summed E-state index contributed by atoms with van der Waals surface area (Å²) in [6, 6.07) is 7.28. The lowest BCUT2D eigenvalue weighted by Crippen LogP contribution is -2.13. The molecule has 0 aliphatic carbocycles. The second-order valence-corrected chi connectivity index (χ2v) is 5.49. The summed E-state index contributed by atoms with van der Waals surface area (Å²) in [5.74, 6) is -5.16. The third-order valence-electron chi connectivity index (χ3n) is 2.56. The van der Waals surface area contributed by atoms with Crippen LogP contribution in [0.4, 0.5) is 13.2 Å². The van der Waals surface area contributed by atoms with Crippen molar-refractivity contribution >= 4 is 10.1 Å². The highest BCUT2D eigenvalue weighted by Crippen LogP contribution is 2.25. The molecule has 7 heteroatoms. The van der Waals surface area contributed by atoms with Crippen LogP contribution in [0.2, 0.25) is 0 Å². The van der Waals surface area contributed by atoms with Crippen molar-refractivity contribution in [1.82, 2.24) is 0 Å². The van der Waals surface area contributed by atoms with Gasteiger partial charge in [0.1, 0.15) is 10.6 Å². The third-order valence-corrected chi connectivity index (χ3v) is 3.82. The molecule has 0 fully saturated rings. The third kappa shape index (κ3) is 2.62. The Balaban J connectivity index is 2.47. The Morgan fingerprint density at radius 1 is 0.950 bits per heavy atom. The van der Waals surface area contributed by atoms with Crippen molar-refractivity contribution in [2.45, 2.75) is 11.8 Å². The average molecular weight is 302 g/mol. The van der Waals surface area contributed by atoms with Crippen LogP contribution >= 0.6 is 0 Å². The quantitative estimate of drug-likeness (QED) is 0.646. The Bertz CT molecular complexity index is 757. The van der Waals surface area contributed by atoms with Crippen LogP contribution in [-0.2, 0) is 10.1 Å². The minimum Gasteiger partial charge on any atom is -0.379 e. The summed E-state index contributed by atoms with van der Waals surface area (Å²) in [6.07, 6.45) is 0. The van der Waals surface area contributed by atoms with Gasteiger partial charge < -0.3 is 4.18 Å². The minimum atomic E-state index is -4.59. The van der Waals surface area contributed by atoms with Crippen molar-refractivity contribution in [3.8, 4) is 5.75 Å². The second kappa shape index (κ2) is 5.16. The highest BCUT2D eigenvalue weighted by atomic mass is 32.2. The van der Waals surface area contributed by atoms with Gasteiger partial charge in [-0.1, -0.05) is 18.2 Å². The Labute approximate surface area is 113 Å². The smallest absolute Gasteiger partial charge is 0.342 e. The van der Waals surface area contributed by atoms with E-state index in [1.807, 2.05) is 0 Å². The van der Waals surface area contributed by atoms with Crippen molar-refractivity contribution in [3.63, 3.8) is 0 Å². The summed E-state index contributed by atoms with van der Waals surface area (Å²) < 4.78 is 67.9. The maximum absolute atomic E-state index is 13.5. The van der Waals surface area contributed by atoms with Gasteiger partial charge in [0.2, 0.25) is 0 Å². The van der Waals surface area contributed by atoms with Gasteiger partial charge in [-0.15, -0.1) is 0 Å². The van der Waals surface area contributed by atoms with E-state index < -0.39 is 32.5 Å². The monoisotopic (exact) mass is 302 g/mol. The zero-order valence-corrected chi connectivity index (χ0v) is 11.0. The largest absolute Gasteiger partial charge is 0.379 e. The molecule has 0 saturated heterocycles. The van der Waals surface area contributed by atoms with Crippen LogP contribution < -0.4 is 4.18 Å². The van der Waals surface area contributed by atoms with E-state index in [1.54, 1.807) is 19.1 Å². The van der Waals surface area contributed by atoms with Gasteiger partial charge in [0, 0.05) is 0 Å². The topological polar surface area (TPSA) is 43.4 Å². The van der Waals surface area contributed by atoms with E-state index in [0.717, 1.165) is 0 Å². The SMILES string of the molecule is Cc1ccccc1OS(=O)(=O)c1ccc(F)c(F)c1F. The van der Waals surface area contributed by atoms with E-state index in [1.165, 1.54) is 12.1 Å². The molecule has 2 aromatic rings. The molecule has 0 spiro atoms. The number of aryl methyl sites for hydroxylation is 1. The zero-order chi connectivity index (χ0) is 14.9. The Morgan fingerprint density at radius 3 is 2.25 bits per heavy atom. The Morgan fingerprint density at radius 2 is 1.60 bits per heavy atom. The standard InChI is InChI=1S/C13H9F3O3S/c1-8-4-2-3-5-10(8)19-20(17,18)11-7-6-9(14)12(15)13(11)16/h2-7H,1H3. The summed E-state index contributed by atoms with van der Waals surface area (Å²) in [5, 5.41) is 0. The maximum Gasteiger partial charge on any atom is 0.342 e. The van der Waals surface area contributed by atoms with Crippen LogP contribution in [0.1, 0.15) is 5.56 Å². The fourth-order valence-electron chi connectivity index (χ4n) is 1.51. The first-order valence-corrected chi connectivity index (χ1v) is 6.87. The van der Waals surface area contributed by atoms with E-state index in [4.69, 9.17) is 4.18 Å². The van der Waals surface area contributed by atoms with Gasteiger partial charge in [-0.2, -0.15) is 8.42 Å². The fourth-order valence-corrected chi connectivity index (χ4v) is 2.57. The van der Waals surface area contributed by atoms with Gasteiger partial charge in [-0.25, -0.2) is 13.2 Å².